The largest absolute Gasteiger partial charge is 0.452 e. The summed E-state index contributed by atoms with van der Waals surface area (Å²) in [5.41, 5.74) is 1.28. The predicted octanol–water partition coefficient (Wildman–Crippen LogP) is 4.58. The number of hydrogen-bond donors (Lipinski definition) is 0. The zero-order chi connectivity index (χ0) is 11.9. The molecule has 0 spiro atoms. The van der Waals surface area contributed by atoms with Crippen LogP contribution in [0.3, 0.4) is 0 Å². The van der Waals surface area contributed by atoms with Gasteiger partial charge in [0.15, 0.2) is 0 Å². The molecule has 16 heavy (non-hydrogen) atoms. The van der Waals surface area contributed by atoms with Crippen molar-refractivity contribution < 1.29 is 17.6 Å². The van der Waals surface area contributed by atoms with Gasteiger partial charge in [-0.3, -0.25) is 0 Å². The van der Waals surface area contributed by atoms with Crippen molar-refractivity contribution in [2.45, 2.75) is 25.9 Å². The second kappa shape index (κ2) is 3.54. The van der Waals surface area contributed by atoms with Gasteiger partial charge in [-0.1, -0.05) is 19.9 Å². The van der Waals surface area contributed by atoms with E-state index in [-0.39, 0.29) is 11.5 Å². The van der Waals surface area contributed by atoms with Crippen molar-refractivity contribution in [1.29, 1.82) is 0 Å². The lowest BCUT2D eigenvalue weighted by Gasteiger charge is -2.03. The third-order valence-corrected chi connectivity index (χ3v) is 2.49. The highest BCUT2D eigenvalue weighted by molar-refractivity contribution is 5.79. The molecule has 2 rings (SSSR count). The van der Waals surface area contributed by atoms with Crippen molar-refractivity contribution in [3.8, 4) is 0 Å². The van der Waals surface area contributed by atoms with Gasteiger partial charge in [0.05, 0.1) is 0 Å². The molecular formula is C12H11F3O. The molecule has 0 unspecified atom stereocenters. The highest BCUT2D eigenvalue weighted by Gasteiger charge is 2.35. The molecule has 0 aliphatic heterocycles. The molecular weight excluding hydrogens is 217 g/mol. The number of halogens is 3. The standard InChI is InChI=1S/C12H11F3O/c1-7(2)8-3-4-10-9(5-8)6-11(16-10)12(13,14)15/h3-7H,1-2H3. The Balaban J connectivity index is 2.54. The highest BCUT2D eigenvalue weighted by Crippen LogP contribution is 2.34. The van der Waals surface area contributed by atoms with Gasteiger partial charge >= 0.3 is 6.18 Å². The van der Waals surface area contributed by atoms with Crippen LogP contribution in [0.5, 0.6) is 0 Å². The molecule has 1 aromatic heterocycles. The molecule has 4 heteroatoms. The van der Waals surface area contributed by atoms with E-state index in [1.807, 2.05) is 13.8 Å². The normalized spacial score (nSPS) is 12.6. The maximum absolute atomic E-state index is 12.4. The lowest BCUT2D eigenvalue weighted by atomic mass is 10.0. The minimum atomic E-state index is -4.42. The summed E-state index contributed by atoms with van der Waals surface area (Å²) in [5, 5.41) is 0.499. The average molecular weight is 228 g/mol. The van der Waals surface area contributed by atoms with Crippen LogP contribution in [0.1, 0.15) is 31.1 Å². The minimum absolute atomic E-state index is 0.275. The molecule has 0 amide bonds. The Morgan fingerprint density at radius 1 is 1.12 bits per heavy atom. The average Bonchev–Trinajstić information content (AvgIpc) is 2.58. The van der Waals surface area contributed by atoms with E-state index in [1.54, 1.807) is 18.2 Å². The van der Waals surface area contributed by atoms with Gasteiger partial charge < -0.3 is 4.42 Å². The molecule has 2 aromatic rings. The Hall–Kier alpha value is -1.45. The van der Waals surface area contributed by atoms with E-state index in [4.69, 9.17) is 4.42 Å². The van der Waals surface area contributed by atoms with Gasteiger partial charge in [-0.2, -0.15) is 13.2 Å². The Kier molecular flexibility index (Phi) is 2.45. The van der Waals surface area contributed by atoms with Gasteiger partial charge in [0.25, 0.3) is 0 Å². The van der Waals surface area contributed by atoms with Crippen LogP contribution in [0.15, 0.2) is 28.7 Å². The van der Waals surface area contributed by atoms with E-state index in [2.05, 4.69) is 0 Å². The highest BCUT2D eigenvalue weighted by atomic mass is 19.4. The molecule has 1 nitrogen and oxygen atoms in total. The monoisotopic (exact) mass is 228 g/mol. The smallest absolute Gasteiger partial charge is 0.449 e. The van der Waals surface area contributed by atoms with Gasteiger partial charge in [0.1, 0.15) is 5.58 Å². The van der Waals surface area contributed by atoms with Crippen LogP contribution >= 0.6 is 0 Å². The van der Waals surface area contributed by atoms with E-state index < -0.39 is 11.9 Å². The Morgan fingerprint density at radius 3 is 2.38 bits per heavy atom. The van der Waals surface area contributed by atoms with E-state index in [0.29, 0.717) is 5.39 Å². The van der Waals surface area contributed by atoms with Crippen molar-refractivity contribution in [1.82, 2.24) is 0 Å². The minimum Gasteiger partial charge on any atom is -0.452 e. The number of alkyl halides is 3. The third-order valence-electron chi connectivity index (χ3n) is 2.49. The van der Waals surface area contributed by atoms with Crippen LogP contribution in [-0.2, 0) is 6.18 Å². The molecule has 0 saturated heterocycles. The number of fused-ring (bicyclic) bond motifs is 1. The Labute approximate surface area is 90.9 Å². The van der Waals surface area contributed by atoms with Gasteiger partial charge in [0, 0.05) is 5.39 Å². The number of hydrogen-bond acceptors (Lipinski definition) is 1. The summed E-state index contributed by atoms with van der Waals surface area (Å²) in [5.74, 6) is -0.656. The summed E-state index contributed by atoms with van der Waals surface area (Å²) in [6.07, 6.45) is -4.42. The van der Waals surface area contributed by atoms with Crippen molar-refractivity contribution in [3.05, 3.63) is 35.6 Å². The zero-order valence-electron chi connectivity index (χ0n) is 8.93. The second-order valence-corrected chi connectivity index (χ2v) is 4.06. The fourth-order valence-corrected chi connectivity index (χ4v) is 1.56. The molecule has 86 valence electrons. The van der Waals surface area contributed by atoms with Crippen molar-refractivity contribution in [2.24, 2.45) is 0 Å². The summed E-state index contributed by atoms with van der Waals surface area (Å²) in [4.78, 5) is 0. The lowest BCUT2D eigenvalue weighted by molar-refractivity contribution is -0.152. The van der Waals surface area contributed by atoms with Gasteiger partial charge in [-0.25, -0.2) is 0 Å². The van der Waals surface area contributed by atoms with Crippen LogP contribution < -0.4 is 0 Å². The predicted molar refractivity (Wildman–Crippen MR) is 55.3 cm³/mol. The summed E-state index contributed by atoms with van der Waals surface area (Å²) < 4.78 is 41.9. The quantitative estimate of drug-likeness (QED) is 0.696. The molecule has 0 bridgehead atoms. The topological polar surface area (TPSA) is 13.1 Å². The second-order valence-electron chi connectivity index (χ2n) is 4.06. The molecule has 0 N–H and O–H groups in total. The molecule has 0 atom stereocenters. The van der Waals surface area contributed by atoms with Crippen LogP contribution in [-0.4, -0.2) is 0 Å². The van der Waals surface area contributed by atoms with E-state index in [9.17, 15) is 13.2 Å². The maximum Gasteiger partial charge on any atom is 0.449 e. The van der Waals surface area contributed by atoms with Crippen molar-refractivity contribution in [2.75, 3.05) is 0 Å². The van der Waals surface area contributed by atoms with Crippen molar-refractivity contribution in [3.63, 3.8) is 0 Å². The molecule has 1 heterocycles. The first-order valence-corrected chi connectivity index (χ1v) is 4.98. The SMILES string of the molecule is CC(C)c1ccc2oc(C(F)(F)F)cc2c1. The van der Waals surface area contributed by atoms with Crippen LogP contribution in [0.2, 0.25) is 0 Å². The van der Waals surface area contributed by atoms with Crippen LogP contribution in [0.4, 0.5) is 13.2 Å². The summed E-state index contributed by atoms with van der Waals surface area (Å²) in [7, 11) is 0. The third kappa shape index (κ3) is 1.92. The van der Waals surface area contributed by atoms with Gasteiger partial charge in [-0.15, -0.1) is 0 Å². The first kappa shape index (κ1) is 11.0. The van der Waals surface area contributed by atoms with E-state index in [0.717, 1.165) is 11.6 Å². The molecule has 0 aliphatic carbocycles. The molecule has 0 radical (unpaired) electrons. The van der Waals surface area contributed by atoms with E-state index in [1.165, 1.54) is 0 Å². The van der Waals surface area contributed by atoms with Gasteiger partial charge in [-0.05, 0) is 29.7 Å². The lowest BCUT2D eigenvalue weighted by Crippen LogP contribution is -2.01. The molecule has 0 saturated carbocycles. The zero-order valence-corrected chi connectivity index (χ0v) is 8.93. The Morgan fingerprint density at radius 2 is 1.81 bits per heavy atom. The van der Waals surface area contributed by atoms with E-state index >= 15 is 0 Å². The summed E-state index contributed by atoms with van der Waals surface area (Å²) >= 11 is 0. The van der Waals surface area contributed by atoms with Crippen molar-refractivity contribution >= 4 is 11.0 Å². The fourth-order valence-electron chi connectivity index (χ4n) is 1.56. The number of benzene rings is 1. The number of furan rings is 1. The maximum atomic E-state index is 12.4. The summed E-state index contributed by atoms with van der Waals surface area (Å²) in [6, 6.07) is 6.15. The first-order chi connectivity index (χ1) is 7.38. The number of rotatable bonds is 1. The molecule has 0 fully saturated rings. The summed E-state index contributed by atoms with van der Waals surface area (Å²) in [6.45, 7) is 3.98. The van der Waals surface area contributed by atoms with Crippen LogP contribution in [0.25, 0.3) is 11.0 Å². The molecule has 1 aromatic carbocycles. The van der Waals surface area contributed by atoms with Crippen LogP contribution in [0, 0.1) is 0 Å². The fraction of sp³-hybridized carbons (Fsp3) is 0.333. The van der Waals surface area contributed by atoms with Gasteiger partial charge in [0.2, 0.25) is 5.76 Å². The Bertz CT molecular complexity index is 508. The first-order valence-electron chi connectivity index (χ1n) is 4.98. The molecule has 0 aliphatic rings.